The first-order valence-electron chi connectivity index (χ1n) is 12.4. The van der Waals surface area contributed by atoms with E-state index in [0.29, 0.717) is 17.3 Å². The van der Waals surface area contributed by atoms with Crippen molar-refractivity contribution in [2.45, 2.75) is 45.2 Å². The molecule has 0 fully saturated rings. The van der Waals surface area contributed by atoms with Crippen LogP contribution in [0.1, 0.15) is 31.9 Å². The van der Waals surface area contributed by atoms with Crippen molar-refractivity contribution in [3.05, 3.63) is 95.0 Å². The molecule has 1 unspecified atom stereocenters. The summed E-state index contributed by atoms with van der Waals surface area (Å²) < 4.78 is 28.5. The van der Waals surface area contributed by atoms with Crippen molar-refractivity contribution in [3.63, 3.8) is 0 Å². The minimum atomic E-state index is -4.08. The molecule has 202 valence electrons. The predicted octanol–water partition coefficient (Wildman–Crippen LogP) is 5.03. The molecule has 0 saturated carbocycles. The molecule has 0 spiro atoms. The standard InChI is InChI=1S/C29H34ClN3O4S/c1-21(2)18-31-29(35)23(4)32(19-24-9-8-10-25(30)17-24)28(34)20-33(26-15-13-22(3)14-16-26)38(36,37)27-11-6-5-7-12-27/h5-17,21,23H,18-20H2,1-4H3,(H,31,35). The molecule has 0 aliphatic carbocycles. The highest BCUT2D eigenvalue weighted by atomic mass is 35.5. The number of aryl methyl sites for hydroxylation is 1. The molecule has 0 aliphatic rings. The maximum absolute atomic E-state index is 13.9. The lowest BCUT2D eigenvalue weighted by molar-refractivity contribution is -0.139. The number of hydrogen-bond donors (Lipinski definition) is 1. The molecule has 0 saturated heterocycles. The molecule has 0 heterocycles. The quantitative estimate of drug-likeness (QED) is 0.359. The van der Waals surface area contributed by atoms with Gasteiger partial charge in [0.1, 0.15) is 12.6 Å². The summed E-state index contributed by atoms with van der Waals surface area (Å²) in [6, 6.07) is 21.1. The highest BCUT2D eigenvalue weighted by molar-refractivity contribution is 7.92. The average molecular weight is 556 g/mol. The Bertz CT molecular complexity index is 1350. The zero-order valence-electron chi connectivity index (χ0n) is 22.1. The van der Waals surface area contributed by atoms with Crippen molar-refractivity contribution < 1.29 is 18.0 Å². The molecule has 0 radical (unpaired) electrons. The van der Waals surface area contributed by atoms with Crippen molar-refractivity contribution in [1.29, 1.82) is 0 Å². The van der Waals surface area contributed by atoms with Crippen LogP contribution in [0.4, 0.5) is 5.69 Å². The lowest BCUT2D eigenvalue weighted by atomic mass is 10.1. The summed E-state index contributed by atoms with van der Waals surface area (Å²) in [6.07, 6.45) is 0. The summed E-state index contributed by atoms with van der Waals surface area (Å²) in [7, 11) is -4.08. The van der Waals surface area contributed by atoms with E-state index in [1.807, 2.05) is 26.8 Å². The van der Waals surface area contributed by atoms with Crippen molar-refractivity contribution in [2.75, 3.05) is 17.4 Å². The first-order valence-corrected chi connectivity index (χ1v) is 14.3. The van der Waals surface area contributed by atoms with Crippen LogP contribution in [0, 0.1) is 12.8 Å². The van der Waals surface area contributed by atoms with Gasteiger partial charge in [-0.3, -0.25) is 13.9 Å². The summed E-state index contributed by atoms with van der Waals surface area (Å²) in [4.78, 5) is 28.3. The number of halogens is 1. The van der Waals surface area contributed by atoms with Gasteiger partial charge < -0.3 is 10.2 Å². The van der Waals surface area contributed by atoms with Crippen LogP contribution in [0.25, 0.3) is 0 Å². The maximum atomic E-state index is 13.9. The van der Waals surface area contributed by atoms with E-state index in [4.69, 9.17) is 11.6 Å². The molecule has 0 aromatic heterocycles. The van der Waals surface area contributed by atoms with Gasteiger partial charge in [0.2, 0.25) is 11.8 Å². The van der Waals surface area contributed by atoms with E-state index in [9.17, 15) is 18.0 Å². The summed E-state index contributed by atoms with van der Waals surface area (Å²) >= 11 is 6.17. The third-order valence-electron chi connectivity index (χ3n) is 6.03. The minimum Gasteiger partial charge on any atom is -0.354 e. The third kappa shape index (κ3) is 7.58. The molecular weight excluding hydrogens is 522 g/mol. The van der Waals surface area contributed by atoms with Gasteiger partial charge in [0, 0.05) is 18.1 Å². The molecule has 7 nitrogen and oxygen atoms in total. The number of nitrogens with one attached hydrogen (secondary N) is 1. The zero-order valence-corrected chi connectivity index (χ0v) is 23.7. The number of nitrogens with zero attached hydrogens (tertiary/aromatic N) is 2. The van der Waals surface area contributed by atoms with Gasteiger partial charge in [-0.25, -0.2) is 8.42 Å². The Kier molecular flexibility index (Phi) is 9.94. The van der Waals surface area contributed by atoms with E-state index >= 15 is 0 Å². The van der Waals surface area contributed by atoms with Crippen molar-refractivity contribution >= 4 is 39.1 Å². The number of anilines is 1. The zero-order chi connectivity index (χ0) is 27.9. The average Bonchev–Trinajstić information content (AvgIpc) is 2.89. The Morgan fingerprint density at radius 1 is 0.921 bits per heavy atom. The molecule has 3 rings (SSSR count). The number of sulfonamides is 1. The van der Waals surface area contributed by atoms with Gasteiger partial charge in [-0.2, -0.15) is 0 Å². The Morgan fingerprint density at radius 3 is 2.18 bits per heavy atom. The van der Waals surface area contributed by atoms with E-state index in [0.717, 1.165) is 15.4 Å². The van der Waals surface area contributed by atoms with Crippen molar-refractivity contribution in [2.24, 2.45) is 5.92 Å². The van der Waals surface area contributed by atoms with Crippen LogP contribution in [-0.2, 0) is 26.2 Å². The van der Waals surface area contributed by atoms with E-state index in [1.165, 1.54) is 17.0 Å². The summed E-state index contributed by atoms with van der Waals surface area (Å²) in [5.41, 5.74) is 2.03. The Hall–Kier alpha value is -3.36. The SMILES string of the molecule is Cc1ccc(N(CC(=O)N(Cc2cccc(Cl)c2)C(C)C(=O)NCC(C)C)S(=O)(=O)c2ccccc2)cc1. The molecule has 38 heavy (non-hydrogen) atoms. The molecule has 9 heteroatoms. The second kappa shape index (κ2) is 12.9. The molecule has 3 aromatic carbocycles. The van der Waals surface area contributed by atoms with Gasteiger partial charge in [0.15, 0.2) is 0 Å². The van der Waals surface area contributed by atoms with Gasteiger partial charge >= 0.3 is 0 Å². The van der Waals surface area contributed by atoms with Crippen molar-refractivity contribution in [1.82, 2.24) is 10.2 Å². The van der Waals surface area contributed by atoms with Gasteiger partial charge in [0.25, 0.3) is 10.0 Å². The second-order valence-corrected chi connectivity index (χ2v) is 11.9. The van der Waals surface area contributed by atoms with Crippen LogP contribution >= 0.6 is 11.6 Å². The highest BCUT2D eigenvalue weighted by Crippen LogP contribution is 2.25. The minimum absolute atomic E-state index is 0.0671. The molecule has 0 bridgehead atoms. The fraction of sp³-hybridized carbons (Fsp3) is 0.310. The Labute approximate surface area is 230 Å². The number of benzene rings is 3. The normalized spacial score (nSPS) is 12.2. The molecular formula is C29H34ClN3O4S. The molecule has 0 aliphatic heterocycles. The monoisotopic (exact) mass is 555 g/mol. The highest BCUT2D eigenvalue weighted by Gasteiger charge is 2.32. The fourth-order valence-corrected chi connectivity index (χ4v) is 5.47. The Morgan fingerprint density at radius 2 is 1.58 bits per heavy atom. The van der Waals surface area contributed by atoms with Crippen molar-refractivity contribution in [3.8, 4) is 0 Å². The van der Waals surface area contributed by atoms with Crippen LogP contribution < -0.4 is 9.62 Å². The van der Waals surface area contributed by atoms with Gasteiger partial charge in [-0.05, 0) is 61.7 Å². The number of rotatable bonds is 11. The van der Waals surface area contributed by atoms with Crippen LogP contribution in [-0.4, -0.2) is 44.3 Å². The largest absolute Gasteiger partial charge is 0.354 e. The summed E-state index contributed by atoms with van der Waals surface area (Å²) in [5, 5.41) is 3.37. The number of carbonyl (C=O) groups excluding carboxylic acids is 2. The van der Waals surface area contributed by atoms with E-state index in [-0.39, 0.29) is 23.3 Å². The van der Waals surface area contributed by atoms with Crippen LogP contribution in [0.2, 0.25) is 5.02 Å². The van der Waals surface area contributed by atoms with Crippen LogP contribution in [0.15, 0.2) is 83.8 Å². The Balaban J connectivity index is 1.99. The predicted molar refractivity (Wildman–Crippen MR) is 151 cm³/mol. The molecule has 1 atom stereocenters. The smallest absolute Gasteiger partial charge is 0.264 e. The topological polar surface area (TPSA) is 86.8 Å². The number of amides is 2. The number of carbonyl (C=O) groups is 2. The second-order valence-electron chi connectivity index (χ2n) is 9.63. The first-order chi connectivity index (χ1) is 18.0. The van der Waals surface area contributed by atoms with E-state index in [2.05, 4.69) is 5.32 Å². The fourth-order valence-electron chi connectivity index (χ4n) is 3.83. The van der Waals surface area contributed by atoms with E-state index < -0.39 is 28.5 Å². The van der Waals surface area contributed by atoms with Gasteiger partial charge in [-0.15, -0.1) is 0 Å². The molecule has 3 aromatic rings. The lowest BCUT2D eigenvalue weighted by Gasteiger charge is -2.32. The van der Waals surface area contributed by atoms with Gasteiger partial charge in [0.05, 0.1) is 10.6 Å². The van der Waals surface area contributed by atoms with Crippen LogP contribution in [0.5, 0.6) is 0 Å². The van der Waals surface area contributed by atoms with E-state index in [1.54, 1.807) is 67.6 Å². The molecule has 2 amide bonds. The lowest BCUT2D eigenvalue weighted by Crippen LogP contribution is -2.51. The molecule has 1 N–H and O–H groups in total. The summed E-state index contributed by atoms with van der Waals surface area (Å²) in [5.74, 6) is -0.601. The van der Waals surface area contributed by atoms with Crippen LogP contribution in [0.3, 0.4) is 0 Å². The number of hydrogen-bond acceptors (Lipinski definition) is 4. The third-order valence-corrected chi connectivity index (χ3v) is 8.05. The van der Waals surface area contributed by atoms with Gasteiger partial charge in [-0.1, -0.05) is 73.5 Å². The maximum Gasteiger partial charge on any atom is 0.264 e. The first kappa shape index (κ1) is 29.2. The summed E-state index contributed by atoms with van der Waals surface area (Å²) in [6.45, 7) is 7.56.